The molecule has 23 heavy (non-hydrogen) atoms. The molecule has 0 saturated carbocycles. The van der Waals surface area contributed by atoms with Crippen molar-refractivity contribution >= 4 is 6.21 Å². The van der Waals surface area contributed by atoms with Gasteiger partial charge in [-0.1, -0.05) is 18.2 Å². The number of hydrogen-bond acceptors (Lipinski definition) is 5. The fraction of sp³-hybridized carbons (Fsp3) is 0.278. The highest BCUT2D eigenvalue weighted by molar-refractivity contribution is 5.80. The Kier molecular flexibility index (Phi) is 6.29. The number of nitrogens with zero attached hydrogens (tertiary/aromatic N) is 1. The van der Waals surface area contributed by atoms with E-state index in [1.807, 2.05) is 49.4 Å². The minimum Gasteiger partial charge on any atom is -0.496 e. The van der Waals surface area contributed by atoms with E-state index in [0.717, 1.165) is 22.6 Å². The van der Waals surface area contributed by atoms with Crippen molar-refractivity contribution in [3.05, 3.63) is 53.6 Å². The number of rotatable bonds is 8. The molecule has 1 N–H and O–H groups in total. The Hall–Kier alpha value is -2.69. The monoisotopic (exact) mass is 314 g/mol. The summed E-state index contributed by atoms with van der Waals surface area (Å²) in [5.41, 5.74) is 5.00. The van der Waals surface area contributed by atoms with E-state index in [9.17, 15) is 0 Å². The summed E-state index contributed by atoms with van der Waals surface area (Å²) in [6, 6.07) is 13.5. The van der Waals surface area contributed by atoms with E-state index >= 15 is 0 Å². The van der Waals surface area contributed by atoms with Gasteiger partial charge in [-0.25, -0.2) is 0 Å². The van der Waals surface area contributed by atoms with Crippen LogP contribution in [0.15, 0.2) is 47.6 Å². The lowest BCUT2D eigenvalue weighted by molar-refractivity contribution is 0.311. The van der Waals surface area contributed by atoms with Gasteiger partial charge in [0, 0.05) is 5.56 Å². The third-order valence-corrected chi connectivity index (χ3v) is 3.25. The quantitative estimate of drug-likeness (QED) is 0.600. The SMILES string of the molecule is CCOc1ccc(/C=N/NCc2ccccc2OC)cc1OC. The van der Waals surface area contributed by atoms with E-state index in [1.54, 1.807) is 20.4 Å². The maximum atomic E-state index is 5.49. The Bertz CT molecular complexity index is 656. The van der Waals surface area contributed by atoms with Gasteiger partial charge in [-0.2, -0.15) is 5.10 Å². The molecule has 2 rings (SSSR count). The van der Waals surface area contributed by atoms with E-state index < -0.39 is 0 Å². The van der Waals surface area contributed by atoms with Gasteiger partial charge >= 0.3 is 0 Å². The summed E-state index contributed by atoms with van der Waals surface area (Å²) in [6.45, 7) is 3.13. The molecular weight excluding hydrogens is 292 g/mol. The van der Waals surface area contributed by atoms with Crippen molar-refractivity contribution in [2.75, 3.05) is 20.8 Å². The first-order valence-corrected chi connectivity index (χ1v) is 7.47. The summed E-state index contributed by atoms with van der Waals surface area (Å²) in [4.78, 5) is 0. The molecule has 0 heterocycles. The van der Waals surface area contributed by atoms with E-state index in [4.69, 9.17) is 14.2 Å². The molecule has 5 heteroatoms. The van der Waals surface area contributed by atoms with Crippen LogP contribution < -0.4 is 19.6 Å². The van der Waals surface area contributed by atoms with E-state index in [0.29, 0.717) is 18.9 Å². The van der Waals surface area contributed by atoms with Crippen LogP contribution in [0, 0.1) is 0 Å². The third kappa shape index (κ3) is 4.64. The lowest BCUT2D eigenvalue weighted by atomic mass is 10.2. The fourth-order valence-corrected chi connectivity index (χ4v) is 2.14. The highest BCUT2D eigenvalue weighted by atomic mass is 16.5. The lowest BCUT2D eigenvalue weighted by Gasteiger charge is -2.09. The maximum absolute atomic E-state index is 5.49. The zero-order valence-electron chi connectivity index (χ0n) is 13.7. The largest absolute Gasteiger partial charge is 0.496 e. The number of nitrogens with one attached hydrogen (secondary N) is 1. The second-order valence-electron chi connectivity index (χ2n) is 4.75. The Morgan fingerprint density at radius 1 is 1.00 bits per heavy atom. The highest BCUT2D eigenvalue weighted by Crippen LogP contribution is 2.27. The van der Waals surface area contributed by atoms with Gasteiger partial charge in [-0.3, -0.25) is 0 Å². The second-order valence-corrected chi connectivity index (χ2v) is 4.75. The molecule has 5 nitrogen and oxygen atoms in total. The van der Waals surface area contributed by atoms with Gasteiger partial charge in [0.2, 0.25) is 0 Å². The number of hydrogen-bond donors (Lipinski definition) is 1. The van der Waals surface area contributed by atoms with Crippen LogP contribution in [0.4, 0.5) is 0 Å². The Morgan fingerprint density at radius 3 is 2.52 bits per heavy atom. The molecule has 122 valence electrons. The summed E-state index contributed by atoms with van der Waals surface area (Å²) < 4.78 is 16.1. The Balaban J connectivity index is 1.98. The molecule has 0 radical (unpaired) electrons. The molecule has 0 atom stereocenters. The summed E-state index contributed by atoms with van der Waals surface area (Å²) in [5, 5.41) is 4.24. The van der Waals surface area contributed by atoms with Gasteiger partial charge < -0.3 is 19.6 Å². The summed E-state index contributed by atoms with van der Waals surface area (Å²) in [5.74, 6) is 2.27. The average Bonchev–Trinajstić information content (AvgIpc) is 2.60. The van der Waals surface area contributed by atoms with Gasteiger partial charge in [0.1, 0.15) is 5.75 Å². The van der Waals surface area contributed by atoms with Crippen LogP contribution in [0.2, 0.25) is 0 Å². The first-order chi connectivity index (χ1) is 11.3. The van der Waals surface area contributed by atoms with Crippen LogP contribution in [0.1, 0.15) is 18.1 Å². The molecule has 0 aliphatic rings. The molecule has 0 bridgehead atoms. The highest BCUT2D eigenvalue weighted by Gasteiger charge is 2.04. The molecule has 0 amide bonds. The van der Waals surface area contributed by atoms with Crippen molar-refractivity contribution in [3.8, 4) is 17.2 Å². The molecule has 0 aromatic heterocycles. The average molecular weight is 314 g/mol. The van der Waals surface area contributed by atoms with Crippen LogP contribution >= 0.6 is 0 Å². The van der Waals surface area contributed by atoms with Crippen LogP contribution in [-0.2, 0) is 6.54 Å². The van der Waals surface area contributed by atoms with Crippen molar-refractivity contribution in [1.29, 1.82) is 0 Å². The summed E-state index contributed by atoms with van der Waals surface area (Å²) in [7, 11) is 3.28. The molecule has 2 aromatic carbocycles. The summed E-state index contributed by atoms with van der Waals surface area (Å²) in [6.07, 6.45) is 1.74. The Labute approximate surface area is 136 Å². The Morgan fingerprint density at radius 2 is 1.78 bits per heavy atom. The van der Waals surface area contributed by atoms with E-state index in [2.05, 4.69) is 10.5 Å². The van der Waals surface area contributed by atoms with Gasteiger partial charge in [-0.05, 0) is 36.8 Å². The first kappa shape index (κ1) is 16.7. The smallest absolute Gasteiger partial charge is 0.161 e. The van der Waals surface area contributed by atoms with Crippen LogP contribution in [0.5, 0.6) is 17.2 Å². The molecule has 0 aliphatic carbocycles. The number of para-hydroxylation sites is 1. The predicted octanol–water partition coefficient (Wildman–Crippen LogP) is 3.23. The maximum Gasteiger partial charge on any atom is 0.161 e. The standard InChI is InChI=1S/C18H22N2O3/c1-4-23-17-10-9-14(11-18(17)22-3)12-19-20-13-15-7-5-6-8-16(15)21-2/h5-12,20H,4,13H2,1-3H3/b19-12+. The molecule has 0 fully saturated rings. The number of methoxy groups -OCH3 is 2. The van der Waals surface area contributed by atoms with E-state index in [1.165, 1.54) is 0 Å². The van der Waals surface area contributed by atoms with Crippen LogP contribution in [0.3, 0.4) is 0 Å². The summed E-state index contributed by atoms with van der Waals surface area (Å²) >= 11 is 0. The topological polar surface area (TPSA) is 52.1 Å². The minimum atomic E-state index is 0.592. The van der Waals surface area contributed by atoms with Gasteiger partial charge in [-0.15, -0.1) is 0 Å². The van der Waals surface area contributed by atoms with Crippen LogP contribution in [-0.4, -0.2) is 27.0 Å². The van der Waals surface area contributed by atoms with Crippen LogP contribution in [0.25, 0.3) is 0 Å². The second kappa shape index (κ2) is 8.68. The predicted molar refractivity (Wildman–Crippen MR) is 91.6 cm³/mol. The normalized spacial score (nSPS) is 10.6. The lowest BCUT2D eigenvalue weighted by Crippen LogP contribution is -2.07. The number of benzene rings is 2. The molecule has 0 spiro atoms. The molecule has 2 aromatic rings. The van der Waals surface area contributed by atoms with Crippen molar-refractivity contribution < 1.29 is 14.2 Å². The molecule has 0 saturated heterocycles. The van der Waals surface area contributed by atoms with Crippen molar-refractivity contribution in [2.24, 2.45) is 5.10 Å². The molecular formula is C18H22N2O3. The fourth-order valence-electron chi connectivity index (χ4n) is 2.14. The van der Waals surface area contributed by atoms with Gasteiger partial charge in [0.15, 0.2) is 11.5 Å². The molecule has 0 aliphatic heterocycles. The van der Waals surface area contributed by atoms with E-state index in [-0.39, 0.29) is 0 Å². The van der Waals surface area contributed by atoms with Gasteiger partial charge in [0.25, 0.3) is 0 Å². The zero-order chi connectivity index (χ0) is 16.5. The number of ether oxygens (including phenoxy) is 3. The van der Waals surface area contributed by atoms with Crippen molar-refractivity contribution in [3.63, 3.8) is 0 Å². The minimum absolute atomic E-state index is 0.592. The number of hydrazone groups is 1. The first-order valence-electron chi connectivity index (χ1n) is 7.47. The zero-order valence-corrected chi connectivity index (χ0v) is 13.7. The van der Waals surface area contributed by atoms with Crippen molar-refractivity contribution in [2.45, 2.75) is 13.5 Å². The van der Waals surface area contributed by atoms with Gasteiger partial charge in [0.05, 0.1) is 33.6 Å². The van der Waals surface area contributed by atoms with Crippen molar-refractivity contribution in [1.82, 2.24) is 5.43 Å². The molecule has 0 unspecified atom stereocenters. The third-order valence-electron chi connectivity index (χ3n) is 3.25.